The second kappa shape index (κ2) is 6.47. The maximum Gasteiger partial charge on any atom is 0.319 e. The van der Waals surface area contributed by atoms with Crippen LogP contribution < -0.4 is 4.74 Å². The number of halogens is 2. The minimum absolute atomic E-state index is 0.343. The molecular formula is C14H17F2N3O. The van der Waals surface area contributed by atoms with Crippen LogP contribution >= 0.6 is 0 Å². The summed E-state index contributed by atoms with van der Waals surface area (Å²) in [5.74, 6) is 1.13. The van der Waals surface area contributed by atoms with Crippen molar-refractivity contribution in [2.45, 2.75) is 19.6 Å². The standard InChI is InChI=1S/C14H17F2N3O/c1-18(9-11-5-3-4-6-12(11)20-2)10-13-17-7-8-19(13)14(15)16/h3-8,14H,9-10H2,1-2H3. The highest BCUT2D eigenvalue weighted by Gasteiger charge is 2.14. The lowest BCUT2D eigenvalue weighted by Gasteiger charge is -2.18. The summed E-state index contributed by atoms with van der Waals surface area (Å²) in [6.07, 6.45) is 2.68. The molecule has 0 radical (unpaired) electrons. The van der Waals surface area contributed by atoms with Gasteiger partial charge in [0.2, 0.25) is 0 Å². The van der Waals surface area contributed by atoms with Crippen molar-refractivity contribution in [3.63, 3.8) is 0 Å². The van der Waals surface area contributed by atoms with Crippen molar-refractivity contribution in [1.82, 2.24) is 14.5 Å². The summed E-state index contributed by atoms with van der Waals surface area (Å²) in [6, 6.07) is 7.65. The van der Waals surface area contributed by atoms with Gasteiger partial charge in [-0.1, -0.05) is 18.2 Å². The summed E-state index contributed by atoms with van der Waals surface area (Å²) < 4.78 is 31.6. The van der Waals surface area contributed by atoms with Crippen molar-refractivity contribution in [2.75, 3.05) is 14.2 Å². The van der Waals surface area contributed by atoms with Gasteiger partial charge in [-0.3, -0.25) is 9.47 Å². The number of para-hydroxylation sites is 1. The Bertz CT molecular complexity index is 557. The van der Waals surface area contributed by atoms with E-state index in [-0.39, 0.29) is 0 Å². The van der Waals surface area contributed by atoms with Crippen molar-refractivity contribution in [1.29, 1.82) is 0 Å². The molecule has 0 atom stereocenters. The Morgan fingerprint density at radius 3 is 2.75 bits per heavy atom. The van der Waals surface area contributed by atoms with Crippen LogP contribution in [0.2, 0.25) is 0 Å². The molecule has 6 heteroatoms. The largest absolute Gasteiger partial charge is 0.496 e. The first-order chi connectivity index (χ1) is 9.61. The molecule has 1 aromatic heterocycles. The SMILES string of the molecule is COc1ccccc1CN(C)Cc1nccn1C(F)F. The Kier molecular flexibility index (Phi) is 4.68. The second-order valence-electron chi connectivity index (χ2n) is 4.51. The fourth-order valence-corrected chi connectivity index (χ4v) is 2.07. The van der Waals surface area contributed by atoms with Crippen molar-refractivity contribution >= 4 is 0 Å². The average Bonchev–Trinajstić information content (AvgIpc) is 2.87. The van der Waals surface area contributed by atoms with Gasteiger partial charge < -0.3 is 4.74 Å². The first-order valence-corrected chi connectivity index (χ1v) is 6.22. The number of hydrogen-bond acceptors (Lipinski definition) is 3. The maximum atomic E-state index is 12.7. The highest BCUT2D eigenvalue weighted by Crippen LogP contribution is 2.20. The Balaban J connectivity index is 2.05. The highest BCUT2D eigenvalue weighted by atomic mass is 19.3. The zero-order chi connectivity index (χ0) is 14.5. The van der Waals surface area contributed by atoms with E-state index in [2.05, 4.69) is 4.98 Å². The van der Waals surface area contributed by atoms with Crippen molar-refractivity contribution in [3.05, 3.63) is 48.0 Å². The van der Waals surface area contributed by atoms with E-state index in [1.54, 1.807) is 7.11 Å². The molecule has 20 heavy (non-hydrogen) atoms. The normalized spacial score (nSPS) is 11.3. The van der Waals surface area contributed by atoms with E-state index in [9.17, 15) is 8.78 Å². The molecule has 0 aliphatic heterocycles. The molecule has 0 amide bonds. The predicted octanol–water partition coefficient (Wildman–Crippen LogP) is 2.92. The van der Waals surface area contributed by atoms with Crippen LogP contribution in [-0.4, -0.2) is 28.6 Å². The van der Waals surface area contributed by atoms with Crippen LogP contribution in [0, 0.1) is 0 Å². The summed E-state index contributed by atoms with van der Waals surface area (Å²) in [5, 5.41) is 0. The number of alkyl halides is 2. The molecule has 1 aromatic carbocycles. The van der Waals surface area contributed by atoms with Gasteiger partial charge >= 0.3 is 6.55 Å². The first-order valence-electron chi connectivity index (χ1n) is 6.22. The molecule has 0 saturated heterocycles. The lowest BCUT2D eigenvalue weighted by atomic mass is 10.2. The fourth-order valence-electron chi connectivity index (χ4n) is 2.07. The van der Waals surface area contributed by atoms with E-state index in [0.29, 0.717) is 18.9 Å². The monoisotopic (exact) mass is 281 g/mol. The Hall–Kier alpha value is -1.95. The van der Waals surface area contributed by atoms with Gasteiger partial charge in [-0.15, -0.1) is 0 Å². The van der Waals surface area contributed by atoms with E-state index in [0.717, 1.165) is 15.9 Å². The molecule has 2 aromatic rings. The van der Waals surface area contributed by atoms with Gasteiger partial charge in [0, 0.05) is 24.5 Å². The van der Waals surface area contributed by atoms with Crippen molar-refractivity contribution < 1.29 is 13.5 Å². The molecule has 0 fully saturated rings. The van der Waals surface area contributed by atoms with Crippen LogP contribution in [-0.2, 0) is 13.1 Å². The van der Waals surface area contributed by atoms with Gasteiger partial charge in [0.25, 0.3) is 0 Å². The lowest BCUT2D eigenvalue weighted by Crippen LogP contribution is -2.20. The quantitative estimate of drug-likeness (QED) is 0.815. The third kappa shape index (κ3) is 3.33. The van der Waals surface area contributed by atoms with Gasteiger partial charge in [0.15, 0.2) is 0 Å². The van der Waals surface area contributed by atoms with Crippen LogP contribution in [0.5, 0.6) is 5.75 Å². The molecule has 0 aliphatic carbocycles. The number of methoxy groups -OCH3 is 1. The molecule has 4 nitrogen and oxygen atoms in total. The van der Waals surface area contributed by atoms with E-state index < -0.39 is 6.55 Å². The summed E-state index contributed by atoms with van der Waals surface area (Å²) in [5.41, 5.74) is 1.01. The first kappa shape index (κ1) is 14.5. The third-order valence-corrected chi connectivity index (χ3v) is 3.00. The van der Waals surface area contributed by atoms with Crippen LogP contribution in [0.1, 0.15) is 17.9 Å². The molecule has 0 saturated carbocycles. The number of ether oxygens (including phenoxy) is 1. The Morgan fingerprint density at radius 1 is 1.30 bits per heavy atom. The van der Waals surface area contributed by atoms with Crippen molar-refractivity contribution in [2.24, 2.45) is 0 Å². The second-order valence-corrected chi connectivity index (χ2v) is 4.51. The van der Waals surface area contributed by atoms with Crippen molar-refractivity contribution in [3.8, 4) is 5.75 Å². The van der Waals surface area contributed by atoms with Crippen LogP contribution in [0.15, 0.2) is 36.7 Å². The van der Waals surface area contributed by atoms with Gasteiger partial charge in [0.1, 0.15) is 11.6 Å². The molecule has 0 aliphatic rings. The summed E-state index contributed by atoms with van der Waals surface area (Å²) in [6.45, 7) is -1.62. The predicted molar refractivity (Wildman–Crippen MR) is 71.6 cm³/mol. The topological polar surface area (TPSA) is 30.3 Å². The molecular weight excluding hydrogens is 264 g/mol. The lowest BCUT2D eigenvalue weighted by molar-refractivity contribution is 0.0644. The van der Waals surface area contributed by atoms with Gasteiger partial charge in [-0.05, 0) is 13.1 Å². The number of imidazole rings is 1. The van der Waals surface area contributed by atoms with Crippen LogP contribution in [0.25, 0.3) is 0 Å². The highest BCUT2D eigenvalue weighted by molar-refractivity contribution is 5.33. The number of hydrogen-bond donors (Lipinski definition) is 0. The smallest absolute Gasteiger partial charge is 0.319 e. The number of nitrogens with zero attached hydrogens (tertiary/aromatic N) is 3. The average molecular weight is 281 g/mol. The Labute approximate surface area is 116 Å². The minimum atomic E-state index is -2.56. The summed E-state index contributed by atoms with van der Waals surface area (Å²) >= 11 is 0. The van der Waals surface area contributed by atoms with Crippen LogP contribution in [0.4, 0.5) is 8.78 Å². The van der Waals surface area contributed by atoms with E-state index >= 15 is 0 Å². The van der Waals surface area contributed by atoms with E-state index in [4.69, 9.17) is 4.74 Å². The fraction of sp³-hybridized carbons (Fsp3) is 0.357. The van der Waals surface area contributed by atoms with E-state index in [1.807, 2.05) is 36.2 Å². The number of aromatic nitrogens is 2. The number of benzene rings is 1. The zero-order valence-corrected chi connectivity index (χ0v) is 11.5. The third-order valence-electron chi connectivity index (χ3n) is 3.00. The molecule has 0 bridgehead atoms. The van der Waals surface area contributed by atoms with Gasteiger partial charge in [-0.2, -0.15) is 8.78 Å². The summed E-state index contributed by atoms with van der Waals surface area (Å²) in [7, 11) is 3.47. The number of rotatable bonds is 6. The minimum Gasteiger partial charge on any atom is -0.496 e. The Morgan fingerprint density at radius 2 is 2.05 bits per heavy atom. The van der Waals surface area contributed by atoms with Crippen LogP contribution in [0.3, 0.4) is 0 Å². The molecule has 0 N–H and O–H groups in total. The molecule has 0 unspecified atom stereocenters. The molecule has 108 valence electrons. The molecule has 2 rings (SSSR count). The zero-order valence-electron chi connectivity index (χ0n) is 11.5. The van der Waals surface area contributed by atoms with Gasteiger partial charge in [0.05, 0.1) is 13.7 Å². The summed E-state index contributed by atoms with van der Waals surface area (Å²) in [4.78, 5) is 5.89. The maximum absolute atomic E-state index is 12.7. The van der Waals surface area contributed by atoms with Gasteiger partial charge in [-0.25, -0.2) is 4.98 Å². The van der Waals surface area contributed by atoms with E-state index in [1.165, 1.54) is 12.4 Å². The molecule has 1 heterocycles. The molecule has 0 spiro atoms.